The Morgan fingerprint density at radius 2 is 2.00 bits per heavy atom. The van der Waals surface area contributed by atoms with Crippen molar-refractivity contribution >= 4 is 11.9 Å². The fraction of sp³-hybridized carbons (Fsp3) is 0.214. The Labute approximate surface area is 121 Å². The van der Waals surface area contributed by atoms with Crippen molar-refractivity contribution in [3.8, 4) is 5.75 Å². The second-order valence-corrected chi connectivity index (χ2v) is 4.40. The van der Waals surface area contributed by atoms with Gasteiger partial charge >= 0.3 is 5.97 Å². The van der Waals surface area contributed by atoms with E-state index >= 15 is 0 Å². The van der Waals surface area contributed by atoms with Crippen LogP contribution in [-0.4, -0.2) is 34.1 Å². The van der Waals surface area contributed by atoms with Crippen molar-refractivity contribution < 1.29 is 19.4 Å². The summed E-state index contributed by atoms with van der Waals surface area (Å²) in [4.78, 5) is 29.2. The second kappa shape index (κ2) is 6.08. The summed E-state index contributed by atoms with van der Waals surface area (Å²) in [5, 5.41) is 11.7. The van der Waals surface area contributed by atoms with Crippen molar-refractivity contribution in [3.63, 3.8) is 0 Å². The first-order chi connectivity index (χ1) is 10.0. The molecule has 0 aliphatic carbocycles. The van der Waals surface area contributed by atoms with Gasteiger partial charge in [-0.15, -0.1) is 0 Å². The minimum atomic E-state index is -1.23. The Morgan fingerprint density at radius 1 is 1.33 bits per heavy atom. The molecular formula is C14H15N3O4. The van der Waals surface area contributed by atoms with E-state index in [0.717, 1.165) is 11.3 Å². The normalized spacial score (nSPS) is 11.7. The number of carboxylic acids is 1. The van der Waals surface area contributed by atoms with Crippen molar-refractivity contribution in [2.24, 2.45) is 0 Å². The lowest BCUT2D eigenvalue weighted by Gasteiger charge is -2.14. The molecule has 2 aromatic rings. The van der Waals surface area contributed by atoms with Gasteiger partial charge in [0.25, 0.3) is 5.91 Å². The SMILES string of the molecule is COc1ccc([C@H](C)NC(=O)c2nc[nH]c2C(=O)O)cc1. The van der Waals surface area contributed by atoms with Gasteiger partial charge in [-0.05, 0) is 24.6 Å². The third-order valence-corrected chi connectivity index (χ3v) is 3.03. The highest BCUT2D eigenvalue weighted by Crippen LogP contribution is 2.17. The van der Waals surface area contributed by atoms with Crippen LogP contribution < -0.4 is 10.1 Å². The number of nitrogens with zero attached hydrogens (tertiary/aromatic N) is 1. The van der Waals surface area contributed by atoms with E-state index in [0.29, 0.717) is 0 Å². The Bertz CT molecular complexity index is 648. The molecule has 110 valence electrons. The number of hydrogen-bond acceptors (Lipinski definition) is 4. The van der Waals surface area contributed by atoms with E-state index in [9.17, 15) is 9.59 Å². The molecule has 2 rings (SSSR count). The largest absolute Gasteiger partial charge is 0.497 e. The highest BCUT2D eigenvalue weighted by molar-refractivity contribution is 6.02. The van der Waals surface area contributed by atoms with Gasteiger partial charge in [-0.25, -0.2) is 9.78 Å². The number of aromatic nitrogens is 2. The van der Waals surface area contributed by atoms with Gasteiger partial charge in [-0.3, -0.25) is 4.79 Å². The van der Waals surface area contributed by atoms with Crippen LogP contribution in [0.5, 0.6) is 5.75 Å². The molecule has 1 aromatic carbocycles. The van der Waals surface area contributed by atoms with Crippen LogP contribution in [0, 0.1) is 0 Å². The molecule has 1 heterocycles. The molecule has 0 saturated carbocycles. The summed E-state index contributed by atoms with van der Waals surface area (Å²) in [5.74, 6) is -1.05. The van der Waals surface area contributed by atoms with Crippen LogP contribution in [0.2, 0.25) is 0 Å². The molecule has 1 aromatic heterocycles. The van der Waals surface area contributed by atoms with Crippen LogP contribution >= 0.6 is 0 Å². The average molecular weight is 289 g/mol. The molecule has 0 spiro atoms. The monoisotopic (exact) mass is 289 g/mol. The summed E-state index contributed by atoms with van der Waals surface area (Å²) in [7, 11) is 1.57. The summed E-state index contributed by atoms with van der Waals surface area (Å²) in [5.41, 5.74) is 0.508. The van der Waals surface area contributed by atoms with Crippen molar-refractivity contribution in [2.45, 2.75) is 13.0 Å². The molecule has 0 aliphatic heterocycles. The van der Waals surface area contributed by atoms with Gasteiger partial charge in [0.15, 0.2) is 11.4 Å². The van der Waals surface area contributed by atoms with Crippen molar-refractivity contribution in [2.75, 3.05) is 7.11 Å². The molecule has 1 amide bonds. The molecule has 3 N–H and O–H groups in total. The number of ether oxygens (including phenoxy) is 1. The van der Waals surface area contributed by atoms with E-state index in [-0.39, 0.29) is 17.4 Å². The van der Waals surface area contributed by atoms with Crippen LogP contribution in [0.25, 0.3) is 0 Å². The lowest BCUT2D eigenvalue weighted by molar-refractivity contribution is 0.0684. The molecular weight excluding hydrogens is 274 g/mol. The fourth-order valence-electron chi connectivity index (χ4n) is 1.87. The predicted molar refractivity (Wildman–Crippen MR) is 74.4 cm³/mol. The number of rotatable bonds is 5. The van der Waals surface area contributed by atoms with E-state index in [2.05, 4.69) is 15.3 Å². The van der Waals surface area contributed by atoms with Crippen molar-refractivity contribution in [3.05, 3.63) is 47.5 Å². The zero-order valence-corrected chi connectivity index (χ0v) is 11.6. The first-order valence-electron chi connectivity index (χ1n) is 6.24. The first-order valence-corrected chi connectivity index (χ1v) is 6.24. The highest BCUT2D eigenvalue weighted by atomic mass is 16.5. The van der Waals surface area contributed by atoms with Crippen LogP contribution in [0.3, 0.4) is 0 Å². The zero-order valence-electron chi connectivity index (χ0n) is 11.6. The third kappa shape index (κ3) is 3.19. The Hall–Kier alpha value is -2.83. The van der Waals surface area contributed by atoms with Gasteiger partial charge in [0.1, 0.15) is 5.75 Å². The number of hydrogen-bond donors (Lipinski definition) is 3. The summed E-state index contributed by atoms with van der Waals surface area (Å²) < 4.78 is 5.06. The van der Waals surface area contributed by atoms with Crippen LogP contribution in [0.1, 0.15) is 39.5 Å². The zero-order chi connectivity index (χ0) is 15.4. The van der Waals surface area contributed by atoms with Crippen LogP contribution in [0.15, 0.2) is 30.6 Å². The Morgan fingerprint density at radius 3 is 2.57 bits per heavy atom. The van der Waals surface area contributed by atoms with E-state index in [1.54, 1.807) is 26.2 Å². The molecule has 0 bridgehead atoms. The van der Waals surface area contributed by atoms with Gasteiger partial charge in [0.2, 0.25) is 0 Å². The number of amides is 1. The van der Waals surface area contributed by atoms with Gasteiger partial charge in [-0.1, -0.05) is 12.1 Å². The van der Waals surface area contributed by atoms with Crippen molar-refractivity contribution in [1.29, 1.82) is 0 Å². The lowest BCUT2D eigenvalue weighted by atomic mass is 10.1. The minimum absolute atomic E-state index is 0.136. The number of carboxylic acid groups (broad SMARTS) is 1. The highest BCUT2D eigenvalue weighted by Gasteiger charge is 2.21. The van der Waals surface area contributed by atoms with E-state index in [1.165, 1.54) is 6.33 Å². The molecule has 7 nitrogen and oxygen atoms in total. The lowest BCUT2D eigenvalue weighted by Crippen LogP contribution is -2.28. The Balaban J connectivity index is 2.11. The van der Waals surface area contributed by atoms with Gasteiger partial charge < -0.3 is 20.1 Å². The molecule has 0 radical (unpaired) electrons. The number of methoxy groups -OCH3 is 1. The fourth-order valence-corrected chi connectivity index (χ4v) is 1.87. The predicted octanol–water partition coefficient (Wildman–Crippen LogP) is 1.61. The number of H-pyrrole nitrogens is 1. The molecule has 0 saturated heterocycles. The molecule has 21 heavy (non-hydrogen) atoms. The van der Waals surface area contributed by atoms with E-state index in [1.807, 2.05) is 12.1 Å². The Kier molecular flexibility index (Phi) is 4.22. The summed E-state index contributed by atoms with van der Waals surface area (Å²) in [6.07, 6.45) is 1.18. The second-order valence-electron chi connectivity index (χ2n) is 4.40. The standard InChI is InChI=1S/C14H15N3O4/c1-8(9-3-5-10(21-2)6-4-9)17-13(18)11-12(14(19)20)16-7-15-11/h3-8H,1-2H3,(H,15,16)(H,17,18)(H,19,20)/t8-/m0/s1. The van der Waals surface area contributed by atoms with E-state index in [4.69, 9.17) is 9.84 Å². The summed E-state index contributed by atoms with van der Waals surface area (Å²) in [6, 6.07) is 6.94. The smallest absolute Gasteiger partial charge is 0.354 e. The first kappa shape index (κ1) is 14.6. The number of carbonyl (C=O) groups is 2. The maximum Gasteiger partial charge on any atom is 0.354 e. The van der Waals surface area contributed by atoms with Gasteiger partial charge in [0.05, 0.1) is 19.5 Å². The molecule has 0 aliphatic rings. The third-order valence-electron chi connectivity index (χ3n) is 3.03. The molecule has 0 fully saturated rings. The minimum Gasteiger partial charge on any atom is -0.497 e. The number of nitrogens with one attached hydrogen (secondary N) is 2. The van der Waals surface area contributed by atoms with Gasteiger partial charge in [0, 0.05) is 0 Å². The van der Waals surface area contributed by atoms with E-state index < -0.39 is 11.9 Å². The number of imidazole rings is 1. The van der Waals surface area contributed by atoms with Crippen LogP contribution in [-0.2, 0) is 0 Å². The maximum absolute atomic E-state index is 12.1. The average Bonchev–Trinajstić information content (AvgIpc) is 2.97. The van der Waals surface area contributed by atoms with Crippen molar-refractivity contribution in [1.82, 2.24) is 15.3 Å². The topological polar surface area (TPSA) is 104 Å². The quantitative estimate of drug-likeness (QED) is 0.775. The molecule has 7 heteroatoms. The summed E-state index contributed by atoms with van der Waals surface area (Å²) >= 11 is 0. The summed E-state index contributed by atoms with van der Waals surface area (Å²) in [6.45, 7) is 1.80. The number of aromatic amines is 1. The number of benzene rings is 1. The number of carbonyl (C=O) groups excluding carboxylic acids is 1. The molecule has 1 atom stereocenters. The van der Waals surface area contributed by atoms with Gasteiger partial charge in [-0.2, -0.15) is 0 Å². The van der Waals surface area contributed by atoms with Crippen LogP contribution in [0.4, 0.5) is 0 Å². The molecule has 0 unspecified atom stereocenters. The number of aromatic carboxylic acids is 1. The maximum atomic E-state index is 12.1.